The number of halogens is 1. The Morgan fingerprint density at radius 3 is 2.24 bits per heavy atom. The van der Waals surface area contributed by atoms with Crippen LogP contribution < -0.4 is 10.2 Å². The van der Waals surface area contributed by atoms with Crippen LogP contribution in [0.1, 0.15) is 36.8 Å². The van der Waals surface area contributed by atoms with Crippen molar-refractivity contribution in [2.75, 3.05) is 36.4 Å². The van der Waals surface area contributed by atoms with Crippen molar-refractivity contribution >= 4 is 35.0 Å². The van der Waals surface area contributed by atoms with Crippen LogP contribution >= 0.6 is 11.6 Å². The Balaban J connectivity index is 1.22. The third kappa shape index (κ3) is 4.57. The number of aryl methyl sites for hydroxylation is 1. The second kappa shape index (κ2) is 9.58. The van der Waals surface area contributed by atoms with Gasteiger partial charge >= 0.3 is 0 Å². The predicted molar refractivity (Wildman–Crippen MR) is 135 cm³/mol. The summed E-state index contributed by atoms with van der Waals surface area (Å²) in [6.07, 6.45) is 5.80. The van der Waals surface area contributed by atoms with Crippen molar-refractivity contribution < 1.29 is 4.79 Å². The molecule has 3 heterocycles. The van der Waals surface area contributed by atoms with Gasteiger partial charge in [0, 0.05) is 37.4 Å². The quantitative estimate of drug-likeness (QED) is 0.573. The maximum Gasteiger partial charge on any atom is 0.233 e. The molecule has 1 amide bonds. The van der Waals surface area contributed by atoms with Gasteiger partial charge in [0.2, 0.25) is 5.91 Å². The fourth-order valence-corrected chi connectivity index (χ4v) is 5.17. The van der Waals surface area contributed by atoms with Crippen molar-refractivity contribution in [3.8, 4) is 0 Å². The molecule has 2 fully saturated rings. The van der Waals surface area contributed by atoms with Gasteiger partial charge in [-0.1, -0.05) is 42.6 Å². The van der Waals surface area contributed by atoms with Crippen molar-refractivity contribution in [2.45, 2.75) is 38.0 Å². The lowest BCUT2D eigenvalue weighted by Gasteiger charge is -2.40. The highest BCUT2D eigenvalue weighted by molar-refractivity contribution is 6.30. The number of hydrogen-bond acceptors (Lipinski definition) is 6. The van der Waals surface area contributed by atoms with E-state index in [1.807, 2.05) is 66.6 Å². The van der Waals surface area contributed by atoms with Gasteiger partial charge < -0.3 is 15.1 Å². The zero-order chi connectivity index (χ0) is 23.5. The van der Waals surface area contributed by atoms with Gasteiger partial charge in [0.25, 0.3) is 0 Å². The Labute approximate surface area is 205 Å². The average Bonchev–Trinajstić information content (AvgIpc) is 3.37. The van der Waals surface area contributed by atoms with Gasteiger partial charge in [-0.15, -0.1) is 10.2 Å². The van der Waals surface area contributed by atoms with E-state index in [-0.39, 0.29) is 5.91 Å². The number of pyridine rings is 1. The molecular weight excluding hydrogens is 448 g/mol. The van der Waals surface area contributed by atoms with E-state index in [1.165, 1.54) is 0 Å². The molecule has 0 spiro atoms. The van der Waals surface area contributed by atoms with E-state index >= 15 is 0 Å². The molecule has 0 atom stereocenters. The Bertz CT molecular complexity index is 1120. The van der Waals surface area contributed by atoms with Crippen LogP contribution in [0.5, 0.6) is 0 Å². The number of carbonyl (C=O) groups is 1. The lowest BCUT2D eigenvalue weighted by atomic mass is 9.77. The zero-order valence-corrected chi connectivity index (χ0v) is 20.1. The number of benzene rings is 1. The highest BCUT2D eigenvalue weighted by atomic mass is 35.5. The van der Waals surface area contributed by atoms with Crippen LogP contribution in [0.4, 0.5) is 17.5 Å². The molecule has 2 aromatic heterocycles. The van der Waals surface area contributed by atoms with Crippen molar-refractivity contribution in [1.29, 1.82) is 0 Å². The molecule has 1 aliphatic carbocycles. The van der Waals surface area contributed by atoms with E-state index in [1.54, 1.807) is 0 Å². The number of rotatable bonds is 5. The fourth-order valence-electron chi connectivity index (χ4n) is 5.05. The van der Waals surface area contributed by atoms with Crippen LogP contribution in [0, 0.1) is 6.92 Å². The molecular formula is C26H29ClN6O. The number of amides is 1. The Morgan fingerprint density at radius 1 is 0.912 bits per heavy atom. The van der Waals surface area contributed by atoms with Crippen LogP contribution in [-0.4, -0.2) is 52.2 Å². The first kappa shape index (κ1) is 22.6. The van der Waals surface area contributed by atoms with Gasteiger partial charge in [0.15, 0.2) is 11.6 Å². The molecule has 1 saturated carbocycles. The van der Waals surface area contributed by atoms with Crippen molar-refractivity contribution in [3.63, 3.8) is 0 Å². The first-order chi connectivity index (χ1) is 16.5. The molecule has 3 aromatic rings. The molecule has 8 heteroatoms. The lowest BCUT2D eigenvalue weighted by Crippen LogP contribution is -2.54. The molecule has 7 nitrogen and oxygen atoms in total. The highest BCUT2D eigenvalue weighted by Gasteiger charge is 2.45. The van der Waals surface area contributed by atoms with Gasteiger partial charge in [-0.3, -0.25) is 4.79 Å². The molecule has 5 rings (SSSR count). The summed E-state index contributed by atoms with van der Waals surface area (Å²) in [7, 11) is 0. The van der Waals surface area contributed by atoms with Crippen LogP contribution in [-0.2, 0) is 10.2 Å². The van der Waals surface area contributed by atoms with Gasteiger partial charge in [0.1, 0.15) is 5.82 Å². The molecule has 0 unspecified atom stereocenters. The van der Waals surface area contributed by atoms with E-state index in [0.29, 0.717) is 23.9 Å². The third-order valence-corrected chi connectivity index (χ3v) is 7.22. The van der Waals surface area contributed by atoms with Crippen LogP contribution in [0.15, 0.2) is 54.7 Å². The number of nitrogens with zero attached hydrogens (tertiary/aromatic N) is 5. The minimum absolute atomic E-state index is 0.253. The second-order valence-electron chi connectivity index (χ2n) is 9.20. The first-order valence-electron chi connectivity index (χ1n) is 11.9. The van der Waals surface area contributed by atoms with Crippen molar-refractivity contribution in [2.24, 2.45) is 0 Å². The summed E-state index contributed by atoms with van der Waals surface area (Å²) in [5.74, 6) is 2.47. The number of carbonyl (C=O) groups excluding carboxylic acids is 1. The summed E-state index contributed by atoms with van der Waals surface area (Å²) in [5, 5.41) is 12.6. The standard InChI is InChI=1S/C26H29ClN6O/c1-19-4-9-22(28-18-19)29-23-10-11-24(31-30-23)32-14-16-33(17-15-32)25(34)26(12-2-3-13-26)20-5-7-21(27)8-6-20/h4-11,18H,2-3,12-17H2,1H3,(H,28,29,30). The summed E-state index contributed by atoms with van der Waals surface area (Å²) in [5.41, 5.74) is 1.79. The normalized spacial score (nSPS) is 17.6. The maximum atomic E-state index is 13.7. The number of nitrogens with one attached hydrogen (secondary N) is 1. The molecule has 0 radical (unpaired) electrons. The first-order valence-corrected chi connectivity index (χ1v) is 12.3. The zero-order valence-electron chi connectivity index (χ0n) is 19.4. The number of anilines is 3. The topological polar surface area (TPSA) is 74.2 Å². The van der Waals surface area contributed by atoms with Crippen LogP contribution in [0.25, 0.3) is 0 Å². The molecule has 0 bridgehead atoms. The molecule has 176 valence electrons. The molecule has 34 heavy (non-hydrogen) atoms. The number of hydrogen-bond donors (Lipinski definition) is 1. The Morgan fingerprint density at radius 2 is 1.62 bits per heavy atom. The highest BCUT2D eigenvalue weighted by Crippen LogP contribution is 2.43. The Kier molecular flexibility index (Phi) is 6.37. The summed E-state index contributed by atoms with van der Waals surface area (Å²) in [4.78, 5) is 22.3. The minimum atomic E-state index is -0.413. The minimum Gasteiger partial charge on any atom is -0.352 e. The van der Waals surface area contributed by atoms with Gasteiger partial charge in [0.05, 0.1) is 5.41 Å². The molecule has 1 N–H and O–H groups in total. The van der Waals surface area contributed by atoms with Crippen molar-refractivity contribution in [3.05, 3.63) is 70.9 Å². The second-order valence-corrected chi connectivity index (χ2v) is 9.63. The van der Waals surface area contributed by atoms with E-state index in [9.17, 15) is 4.79 Å². The SMILES string of the molecule is Cc1ccc(Nc2ccc(N3CCN(C(=O)C4(c5ccc(Cl)cc5)CCCC4)CC3)nn2)nc1. The van der Waals surface area contributed by atoms with Crippen LogP contribution in [0.2, 0.25) is 5.02 Å². The number of aromatic nitrogens is 3. The van der Waals surface area contributed by atoms with Gasteiger partial charge in [-0.2, -0.15) is 0 Å². The predicted octanol–water partition coefficient (Wildman–Crippen LogP) is 4.74. The lowest BCUT2D eigenvalue weighted by molar-refractivity contribution is -0.137. The van der Waals surface area contributed by atoms with E-state index in [0.717, 1.165) is 61.5 Å². The van der Waals surface area contributed by atoms with Crippen molar-refractivity contribution in [1.82, 2.24) is 20.1 Å². The summed E-state index contributed by atoms with van der Waals surface area (Å²) >= 11 is 6.10. The molecule has 1 aliphatic heterocycles. The molecule has 1 saturated heterocycles. The smallest absolute Gasteiger partial charge is 0.233 e. The third-order valence-electron chi connectivity index (χ3n) is 6.97. The number of piperazine rings is 1. The van der Waals surface area contributed by atoms with E-state index < -0.39 is 5.41 Å². The Hall–Kier alpha value is -3.19. The van der Waals surface area contributed by atoms with Gasteiger partial charge in [-0.25, -0.2) is 4.98 Å². The summed E-state index contributed by atoms with van der Waals surface area (Å²) in [6, 6.07) is 15.6. The maximum absolute atomic E-state index is 13.7. The van der Waals surface area contributed by atoms with Crippen LogP contribution in [0.3, 0.4) is 0 Å². The summed E-state index contributed by atoms with van der Waals surface area (Å²) in [6.45, 7) is 4.85. The average molecular weight is 477 g/mol. The molecule has 1 aromatic carbocycles. The van der Waals surface area contributed by atoms with E-state index in [2.05, 4.69) is 25.4 Å². The largest absolute Gasteiger partial charge is 0.352 e. The van der Waals surface area contributed by atoms with Gasteiger partial charge in [-0.05, 0) is 61.2 Å². The summed E-state index contributed by atoms with van der Waals surface area (Å²) < 4.78 is 0. The monoisotopic (exact) mass is 476 g/mol. The fraction of sp³-hybridized carbons (Fsp3) is 0.385. The van der Waals surface area contributed by atoms with E-state index in [4.69, 9.17) is 11.6 Å². The molecule has 2 aliphatic rings.